The van der Waals surface area contributed by atoms with Gasteiger partial charge in [0, 0.05) is 12.6 Å². The molecule has 1 rings (SSSR count). The summed E-state index contributed by atoms with van der Waals surface area (Å²) in [5.74, 6) is -0.945. The molecule has 0 radical (unpaired) electrons. The van der Waals surface area contributed by atoms with Crippen LogP contribution in [0.2, 0.25) is 0 Å². The summed E-state index contributed by atoms with van der Waals surface area (Å²) in [4.78, 5) is 26.0. The van der Waals surface area contributed by atoms with Gasteiger partial charge < -0.3 is 5.32 Å². The fourth-order valence-electron chi connectivity index (χ4n) is 0.933. The highest BCUT2D eigenvalue weighted by Crippen LogP contribution is 1.92. The maximum absolute atomic E-state index is 11.1. The number of Topliss-reactive ketones (excluding diaryl/α,β-unsaturated/α-hetero) is 1. The van der Waals surface area contributed by atoms with Crippen molar-refractivity contribution in [1.29, 1.82) is 0 Å². The second kappa shape index (κ2) is 5.11. The molecule has 1 aromatic rings. The van der Waals surface area contributed by atoms with E-state index in [2.05, 4.69) is 10.3 Å². The molecule has 0 bridgehead atoms. The van der Waals surface area contributed by atoms with Crippen LogP contribution in [0.1, 0.15) is 19.0 Å². The Kier molecular flexibility index (Phi) is 3.79. The smallest absolute Gasteiger partial charge is 0.287 e. The molecule has 1 aromatic heterocycles. The average Bonchev–Trinajstić information content (AvgIpc) is 2.26. The molecule has 0 fully saturated rings. The van der Waals surface area contributed by atoms with E-state index in [1.165, 1.54) is 0 Å². The summed E-state index contributed by atoms with van der Waals surface area (Å²) in [6.07, 6.45) is 1.87. The zero-order valence-corrected chi connectivity index (χ0v) is 7.99. The van der Waals surface area contributed by atoms with Crippen LogP contribution >= 0.6 is 0 Å². The number of ketones is 1. The number of pyridine rings is 1. The van der Waals surface area contributed by atoms with Crippen LogP contribution in [0, 0.1) is 0 Å². The van der Waals surface area contributed by atoms with Crippen molar-refractivity contribution < 1.29 is 9.59 Å². The van der Waals surface area contributed by atoms with E-state index in [4.69, 9.17) is 0 Å². The SMILES string of the molecule is CCC(=O)C(=O)NCc1ccccn1. The average molecular weight is 192 g/mol. The Bertz CT molecular complexity index is 322. The van der Waals surface area contributed by atoms with Crippen molar-refractivity contribution in [2.45, 2.75) is 19.9 Å². The Labute approximate surface area is 82.3 Å². The zero-order chi connectivity index (χ0) is 10.4. The Morgan fingerprint density at radius 2 is 2.21 bits per heavy atom. The van der Waals surface area contributed by atoms with Crippen molar-refractivity contribution >= 4 is 11.7 Å². The molecule has 0 aliphatic carbocycles. The summed E-state index contributed by atoms with van der Waals surface area (Å²) >= 11 is 0. The molecule has 4 nitrogen and oxygen atoms in total. The number of carbonyl (C=O) groups excluding carboxylic acids is 2. The van der Waals surface area contributed by atoms with Crippen LogP contribution in [0.25, 0.3) is 0 Å². The fraction of sp³-hybridized carbons (Fsp3) is 0.300. The molecule has 0 spiro atoms. The van der Waals surface area contributed by atoms with E-state index >= 15 is 0 Å². The van der Waals surface area contributed by atoms with Gasteiger partial charge in [-0.25, -0.2) is 0 Å². The Morgan fingerprint density at radius 1 is 1.43 bits per heavy atom. The molecule has 0 aliphatic heterocycles. The molecule has 4 heteroatoms. The lowest BCUT2D eigenvalue weighted by atomic mass is 10.3. The van der Waals surface area contributed by atoms with Crippen LogP contribution in [-0.4, -0.2) is 16.7 Å². The van der Waals surface area contributed by atoms with Gasteiger partial charge in [-0.05, 0) is 12.1 Å². The minimum atomic E-state index is -0.543. The first kappa shape index (κ1) is 10.4. The molecule has 0 atom stereocenters. The van der Waals surface area contributed by atoms with Gasteiger partial charge in [0.05, 0.1) is 12.2 Å². The van der Waals surface area contributed by atoms with Crippen LogP contribution in [0.15, 0.2) is 24.4 Å². The van der Waals surface area contributed by atoms with Gasteiger partial charge in [-0.1, -0.05) is 13.0 Å². The molecule has 0 saturated carbocycles. The van der Waals surface area contributed by atoms with Gasteiger partial charge >= 0.3 is 0 Å². The number of nitrogens with zero attached hydrogens (tertiary/aromatic N) is 1. The summed E-state index contributed by atoms with van der Waals surface area (Å²) in [5, 5.41) is 2.50. The van der Waals surface area contributed by atoms with Gasteiger partial charge in [-0.3, -0.25) is 14.6 Å². The molecule has 0 aromatic carbocycles. The third kappa shape index (κ3) is 2.97. The van der Waals surface area contributed by atoms with Crippen molar-refractivity contribution in [2.24, 2.45) is 0 Å². The lowest BCUT2D eigenvalue weighted by Crippen LogP contribution is -2.30. The lowest BCUT2D eigenvalue weighted by molar-refractivity contribution is -0.137. The van der Waals surface area contributed by atoms with Gasteiger partial charge in [-0.15, -0.1) is 0 Å². The topological polar surface area (TPSA) is 59.1 Å². The minimum Gasteiger partial charge on any atom is -0.344 e. The number of carbonyl (C=O) groups is 2. The van der Waals surface area contributed by atoms with Crippen LogP contribution in [0.5, 0.6) is 0 Å². The first-order chi connectivity index (χ1) is 6.74. The van der Waals surface area contributed by atoms with Gasteiger partial charge in [-0.2, -0.15) is 0 Å². The summed E-state index contributed by atoms with van der Waals surface area (Å²) < 4.78 is 0. The Balaban J connectivity index is 2.42. The third-order valence-electron chi connectivity index (χ3n) is 1.73. The van der Waals surface area contributed by atoms with Crippen molar-refractivity contribution in [3.8, 4) is 0 Å². The van der Waals surface area contributed by atoms with E-state index in [-0.39, 0.29) is 6.42 Å². The summed E-state index contributed by atoms with van der Waals surface area (Å²) in [6, 6.07) is 5.41. The van der Waals surface area contributed by atoms with E-state index in [9.17, 15) is 9.59 Å². The van der Waals surface area contributed by atoms with Crippen LogP contribution in [-0.2, 0) is 16.1 Å². The molecule has 0 saturated heterocycles. The minimum absolute atomic E-state index is 0.230. The molecule has 1 amide bonds. The standard InChI is InChI=1S/C10H12N2O2/c1-2-9(13)10(14)12-7-8-5-3-4-6-11-8/h3-6H,2,7H2,1H3,(H,12,14). The highest BCUT2D eigenvalue weighted by molar-refractivity contribution is 6.35. The number of rotatable bonds is 4. The van der Waals surface area contributed by atoms with E-state index in [1.54, 1.807) is 25.3 Å². The second-order valence-electron chi connectivity index (χ2n) is 2.78. The lowest BCUT2D eigenvalue weighted by Gasteiger charge is -2.01. The molecule has 0 aliphatic rings. The van der Waals surface area contributed by atoms with E-state index < -0.39 is 11.7 Å². The maximum Gasteiger partial charge on any atom is 0.287 e. The summed E-state index contributed by atoms with van der Waals surface area (Å²) in [5.41, 5.74) is 0.741. The van der Waals surface area contributed by atoms with E-state index in [1.807, 2.05) is 6.07 Å². The normalized spacial score (nSPS) is 9.50. The number of aromatic nitrogens is 1. The fourth-order valence-corrected chi connectivity index (χ4v) is 0.933. The number of hydrogen-bond acceptors (Lipinski definition) is 3. The van der Waals surface area contributed by atoms with Crippen LogP contribution in [0.4, 0.5) is 0 Å². The second-order valence-corrected chi connectivity index (χ2v) is 2.78. The van der Waals surface area contributed by atoms with Gasteiger partial charge in [0.25, 0.3) is 5.91 Å². The summed E-state index contributed by atoms with van der Waals surface area (Å²) in [7, 11) is 0. The summed E-state index contributed by atoms with van der Waals surface area (Å²) in [6.45, 7) is 1.95. The van der Waals surface area contributed by atoms with E-state index in [0.29, 0.717) is 6.54 Å². The molecule has 74 valence electrons. The van der Waals surface area contributed by atoms with Gasteiger partial charge in [0.15, 0.2) is 0 Å². The highest BCUT2D eigenvalue weighted by atomic mass is 16.2. The van der Waals surface area contributed by atoms with Crippen molar-refractivity contribution in [1.82, 2.24) is 10.3 Å². The largest absolute Gasteiger partial charge is 0.344 e. The molecule has 1 heterocycles. The Morgan fingerprint density at radius 3 is 2.79 bits per heavy atom. The number of amides is 1. The first-order valence-corrected chi connectivity index (χ1v) is 4.45. The Hall–Kier alpha value is -1.71. The van der Waals surface area contributed by atoms with Crippen LogP contribution in [0.3, 0.4) is 0 Å². The predicted octanol–water partition coefficient (Wildman–Crippen LogP) is 0.677. The van der Waals surface area contributed by atoms with Crippen molar-refractivity contribution in [2.75, 3.05) is 0 Å². The van der Waals surface area contributed by atoms with Crippen LogP contribution < -0.4 is 5.32 Å². The predicted molar refractivity (Wildman–Crippen MR) is 51.4 cm³/mol. The molecular weight excluding hydrogens is 180 g/mol. The molecule has 0 unspecified atom stereocenters. The molecule has 14 heavy (non-hydrogen) atoms. The quantitative estimate of drug-likeness (QED) is 0.713. The molecule has 1 N–H and O–H groups in total. The maximum atomic E-state index is 11.1. The first-order valence-electron chi connectivity index (χ1n) is 4.45. The molecular formula is C10H12N2O2. The van der Waals surface area contributed by atoms with Crippen molar-refractivity contribution in [3.63, 3.8) is 0 Å². The van der Waals surface area contributed by atoms with Gasteiger partial charge in [0.1, 0.15) is 0 Å². The monoisotopic (exact) mass is 192 g/mol. The zero-order valence-electron chi connectivity index (χ0n) is 7.99. The van der Waals surface area contributed by atoms with Gasteiger partial charge in [0.2, 0.25) is 5.78 Å². The third-order valence-corrected chi connectivity index (χ3v) is 1.73. The van der Waals surface area contributed by atoms with E-state index in [0.717, 1.165) is 5.69 Å². The highest BCUT2D eigenvalue weighted by Gasteiger charge is 2.09. The number of hydrogen-bond donors (Lipinski definition) is 1. The number of nitrogens with one attached hydrogen (secondary N) is 1. The van der Waals surface area contributed by atoms with Crippen molar-refractivity contribution in [3.05, 3.63) is 30.1 Å².